The van der Waals surface area contributed by atoms with E-state index in [1.165, 1.54) is 35.7 Å². The Morgan fingerprint density at radius 1 is 0.970 bits per heavy atom. The molecule has 2 aliphatic heterocycles. The van der Waals surface area contributed by atoms with Gasteiger partial charge in [0.05, 0.1) is 11.3 Å². The topological polar surface area (TPSA) is 86.8 Å². The molecule has 0 spiro atoms. The molecule has 2 aromatic carbocycles. The zero-order valence-corrected chi connectivity index (χ0v) is 19.7. The van der Waals surface area contributed by atoms with Crippen molar-refractivity contribution >= 4 is 21.8 Å². The van der Waals surface area contributed by atoms with Gasteiger partial charge < -0.3 is 10.2 Å². The quantitative estimate of drug-likeness (QED) is 0.732. The predicted molar refractivity (Wildman–Crippen MR) is 126 cm³/mol. The maximum absolute atomic E-state index is 13.2. The van der Waals surface area contributed by atoms with E-state index in [1.54, 1.807) is 17.0 Å². The first kappa shape index (κ1) is 23.0. The first-order valence-electron chi connectivity index (χ1n) is 11.2. The number of nitrogens with zero attached hydrogens (tertiary/aromatic N) is 2. The van der Waals surface area contributed by atoms with Crippen LogP contribution >= 0.6 is 0 Å². The minimum atomic E-state index is -3.97. The molecule has 1 N–H and O–H groups in total. The molecule has 4 rings (SSSR count). The van der Waals surface area contributed by atoms with Gasteiger partial charge in [-0.3, -0.25) is 13.9 Å². The summed E-state index contributed by atoms with van der Waals surface area (Å²) in [6, 6.07) is 13.8. The van der Waals surface area contributed by atoms with Crippen molar-refractivity contribution in [3.8, 4) is 0 Å². The van der Waals surface area contributed by atoms with Crippen LogP contribution in [0.15, 0.2) is 65.8 Å². The highest BCUT2D eigenvalue weighted by Crippen LogP contribution is 2.29. The molecule has 1 saturated heterocycles. The summed E-state index contributed by atoms with van der Waals surface area (Å²) in [6.07, 6.45) is 4.10. The Morgan fingerprint density at radius 3 is 2.15 bits per heavy atom. The average Bonchev–Trinajstić information content (AvgIpc) is 2.81. The molecule has 2 aromatic rings. The van der Waals surface area contributed by atoms with Crippen LogP contribution < -0.4 is 5.32 Å². The van der Waals surface area contributed by atoms with Gasteiger partial charge in [-0.25, -0.2) is 8.42 Å². The standard InChI is InChI=1S/C25H29N3O4S/c1-18-3-7-20(8-4-18)21-11-14-27(15-12-21)24(29)17-23-25(30)26-13-16-28(23)33(31,32)22-9-5-19(2)6-10-22/h3-10,13,16,21,23H,11-12,14-15,17H2,1-2H3,(H,26,30)/t23-/m1/s1. The number of amides is 2. The van der Waals surface area contributed by atoms with Crippen LogP contribution in [0.2, 0.25) is 0 Å². The molecule has 2 amide bonds. The zero-order chi connectivity index (χ0) is 23.6. The van der Waals surface area contributed by atoms with Crippen molar-refractivity contribution in [2.75, 3.05) is 13.1 Å². The van der Waals surface area contributed by atoms with Crippen molar-refractivity contribution in [2.24, 2.45) is 0 Å². The van der Waals surface area contributed by atoms with E-state index in [2.05, 4.69) is 36.5 Å². The molecule has 0 unspecified atom stereocenters. The number of piperidine rings is 1. The van der Waals surface area contributed by atoms with Gasteiger partial charge in [0.15, 0.2) is 0 Å². The first-order valence-corrected chi connectivity index (χ1v) is 12.6. The van der Waals surface area contributed by atoms with E-state index in [-0.39, 0.29) is 17.2 Å². The number of rotatable bonds is 5. The van der Waals surface area contributed by atoms with E-state index in [0.29, 0.717) is 19.0 Å². The molecule has 1 fully saturated rings. The molecule has 1 atom stereocenters. The van der Waals surface area contributed by atoms with E-state index in [4.69, 9.17) is 0 Å². The summed E-state index contributed by atoms with van der Waals surface area (Å²) in [4.78, 5) is 27.5. The summed E-state index contributed by atoms with van der Waals surface area (Å²) in [7, 11) is -3.97. The number of carbonyl (C=O) groups excluding carboxylic acids is 2. The summed E-state index contributed by atoms with van der Waals surface area (Å²) >= 11 is 0. The van der Waals surface area contributed by atoms with Crippen molar-refractivity contribution in [3.63, 3.8) is 0 Å². The van der Waals surface area contributed by atoms with Crippen molar-refractivity contribution in [1.82, 2.24) is 14.5 Å². The van der Waals surface area contributed by atoms with Crippen LogP contribution in [0, 0.1) is 13.8 Å². The Morgan fingerprint density at radius 2 is 1.55 bits per heavy atom. The Bertz CT molecular complexity index is 1150. The minimum Gasteiger partial charge on any atom is -0.343 e. The molecule has 7 nitrogen and oxygen atoms in total. The lowest BCUT2D eigenvalue weighted by Crippen LogP contribution is -2.51. The second-order valence-electron chi connectivity index (χ2n) is 8.76. The maximum atomic E-state index is 13.2. The third-order valence-corrected chi connectivity index (χ3v) is 8.22. The maximum Gasteiger partial charge on any atom is 0.264 e. The third kappa shape index (κ3) is 4.95. The Balaban J connectivity index is 1.44. The van der Waals surface area contributed by atoms with Crippen LogP contribution in [0.5, 0.6) is 0 Å². The molecule has 8 heteroatoms. The van der Waals surface area contributed by atoms with Gasteiger partial charge in [0, 0.05) is 25.5 Å². The summed E-state index contributed by atoms with van der Waals surface area (Å²) in [5.74, 6) is -0.318. The highest BCUT2D eigenvalue weighted by Gasteiger charge is 2.38. The van der Waals surface area contributed by atoms with Crippen molar-refractivity contribution < 1.29 is 18.0 Å². The van der Waals surface area contributed by atoms with Gasteiger partial charge in [-0.2, -0.15) is 0 Å². The number of nitrogens with one attached hydrogen (secondary N) is 1. The molecule has 0 saturated carbocycles. The lowest BCUT2D eigenvalue weighted by Gasteiger charge is -2.35. The Labute approximate surface area is 195 Å². The zero-order valence-electron chi connectivity index (χ0n) is 18.9. The average molecular weight is 468 g/mol. The largest absolute Gasteiger partial charge is 0.343 e. The van der Waals surface area contributed by atoms with E-state index in [1.807, 2.05) is 6.92 Å². The van der Waals surface area contributed by atoms with Crippen molar-refractivity contribution in [3.05, 3.63) is 77.6 Å². The lowest BCUT2D eigenvalue weighted by molar-refractivity contribution is -0.136. The molecule has 0 radical (unpaired) electrons. The first-order chi connectivity index (χ1) is 15.8. The highest BCUT2D eigenvalue weighted by molar-refractivity contribution is 7.89. The summed E-state index contributed by atoms with van der Waals surface area (Å²) in [5, 5.41) is 2.54. The third-order valence-electron chi connectivity index (χ3n) is 6.42. The monoisotopic (exact) mass is 467 g/mol. The fourth-order valence-electron chi connectivity index (χ4n) is 4.37. The predicted octanol–water partition coefficient (Wildman–Crippen LogP) is 3.06. The fraction of sp³-hybridized carbons (Fsp3) is 0.360. The smallest absolute Gasteiger partial charge is 0.264 e. The summed E-state index contributed by atoms with van der Waals surface area (Å²) < 4.78 is 27.4. The van der Waals surface area contributed by atoms with E-state index in [0.717, 1.165) is 22.7 Å². The summed E-state index contributed by atoms with van der Waals surface area (Å²) in [6.45, 7) is 5.11. The second kappa shape index (κ2) is 9.39. The SMILES string of the molecule is Cc1ccc(C2CCN(C(=O)C[C@@H]3C(=O)NC=CN3S(=O)(=O)c3ccc(C)cc3)CC2)cc1. The van der Waals surface area contributed by atoms with Crippen LogP contribution in [0.3, 0.4) is 0 Å². The van der Waals surface area contributed by atoms with Gasteiger partial charge in [-0.15, -0.1) is 0 Å². The molecule has 2 aliphatic rings. The number of hydrogen-bond donors (Lipinski definition) is 1. The number of sulfonamides is 1. The number of aryl methyl sites for hydroxylation is 2. The van der Waals surface area contributed by atoms with Crippen molar-refractivity contribution in [2.45, 2.75) is 50.0 Å². The molecule has 33 heavy (non-hydrogen) atoms. The van der Waals surface area contributed by atoms with Gasteiger partial charge in [0.25, 0.3) is 10.0 Å². The van der Waals surface area contributed by atoms with Gasteiger partial charge in [0.1, 0.15) is 6.04 Å². The van der Waals surface area contributed by atoms with Gasteiger partial charge in [-0.1, -0.05) is 47.5 Å². The molecule has 0 bridgehead atoms. The number of benzene rings is 2. The minimum absolute atomic E-state index is 0.0869. The van der Waals surface area contributed by atoms with Gasteiger partial charge >= 0.3 is 0 Å². The van der Waals surface area contributed by atoms with Gasteiger partial charge in [0.2, 0.25) is 11.8 Å². The van der Waals surface area contributed by atoms with Crippen LogP contribution in [0.4, 0.5) is 0 Å². The molecule has 0 aromatic heterocycles. The fourth-order valence-corrected chi connectivity index (χ4v) is 5.82. The molecule has 2 heterocycles. The summed E-state index contributed by atoms with van der Waals surface area (Å²) in [5.41, 5.74) is 3.43. The Kier molecular flexibility index (Phi) is 6.56. The molecule has 0 aliphatic carbocycles. The normalized spacial score (nSPS) is 19.5. The van der Waals surface area contributed by atoms with E-state index < -0.39 is 22.0 Å². The van der Waals surface area contributed by atoms with Crippen LogP contribution in [-0.4, -0.2) is 48.6 Å². The molecular weight excluding hydrogens is 438 g/mol. The second-order valence-corrected chi connectivity index (χ2v) is 10.6. The number of hydrogen-bond acceptors (Lipinski definition) is 4. The van der Waals surface area contributed by atoms with E-state index >= 15 is 0 Å². The van der Waals surface area contributed by atoms with Gasteiger partial charge in [-0.05, 0) is 50.3 Å². The highest BCUT2D eigenvalue weighted by atomic mass is 32.2. The van der Waals surface area contributed by atoms with Crippen LogP contribution in [-0.2, 0) is 19.6 Å². The number of likely N-dealkylation sites (tertiary alicyclic amines) is 1. The van der Waals surface area contributed by atoms with Crippen LogP contribution in [0.1, 0.15) is 41.9 Å². The van der Waals surface area contributed by atoms with Crippen molar-refractivity contribution in [1.29, 1.82) is 0 Å². The molecule has 174 valence electrons. The van der Waals surface area contributed by atoms with Crippen LogP contribution in [0.25, 0.3) is 0 Å². The Hall–Kier alpha value is -3.13. The number of carbonyl (C=O) groups is 2. The van der Waals surface area contributed by atoms with E-state index in [9.17, 15) is 18.0 Å². The lowest BCUT2D eigenvalue weighted by atomic mass is 9.89. The molecular formula is C25H29N3O4S.